The summed E-state index contributed by atoms with van der Waals surface area (Å²) in [6, 6.07) is 9.46. The van der Waals surface area contributed by atoms with Gasteiger partial charge in [-0.05, 0) is 42.7 Å². The highest BCUT2D eigenvalue weighted by Gasteiger charge is 2.03. The first-order valence-corrected chi connectivity index (χ1v) is 5.81. The summed E-state index contributed by atoms with van der Waals surface area (Å²) < 4.78 is 26.0. The number of nitrogens with one attached hydrogen (secondary N) is 1. The van der Waals surface area contributed by atoms with Crippen molar-refractivity contribution in [1.82, 2.24) is 0 Å². The predicted molar refractivity (Wildman–Crippen MR) is 69.6 cm³/mol. The van der Waals surface area contributed by atoms with Crippen molar-refractivity contribution in [3.05, 3.63) is 64.7 Å². The van der Waals surface area contributed by atoms with Gasteiger partial charge in [-0.2, -0.15) is 0 Å². The minimum Gasteiger partial charge on any atom is -0.381 e. The van der Waals surface area contributed by atoms with Gasteiger partial charge < -0.3 is 5.32 Å². The topological polar surface area (TPSA) is 12.0 Å². The van der Waals surface area contributed by atoms with E-state index < -0.39 is 11.6 Å². The molecule has 2 aromatic carbocycles. The van der Waals surface area contributed by atoms with Crippen LogP contribution in [0.25, 0.3) is 0 Å². The molecule has 0 aliphatic rings. The molecule has 0 aromatic heterocycles. The van der Waals surface area contributed by atoms with Crippen molar-refractivity contribution in [2.24, 2.45) is 0 Å². The average molecular weight is 247 g/mol. The van der Waals surface area contributed by atoms with E-state index in [0.717, 1.165) is 11.6 Å². The van der Waals surface area contributed by atoms with Crippen molar-refractivity contribution in [2.45, 2.75) is 20.4 Å². The molecule has 2 rings (SSSR count). The predicted octanol–water partition coefficient (Wildman–Crippen LogP) is 4.19. The van der Waals surface area contributed by atoms with E-state index in [2.05, 4.69) is 5.32 Å². The third kappa shape index (κ3) is 2.86. The monoisotopic (exact) mass is 247 g/mol. The van der Waals surface area contributed by atoms with E-state index in [-0.39, 0.29) is 0 Å². The van der Waals surface area contributed by atoms with Gasteiger partial charge in [0, 0.05) is 18.3 Å². The number of aryl methyl sites for hydroxylation is 1. The molecule has 2 aromatic rings. The Morgan fingerprint density at radius 1 is 1.00 bits per heavy atom. The third-order valence-corrected chi connectivity index (χ3v) is 3.06. The van der Waals surface area contributed by atoms with Gasteiger partial charge in [-0.25, -0.2) is 8.78 Å². The van der Waals surface area contributed by atoms with Crippen LogP contribution in [-0.4, -0.2) is 0 Å². The molecule has 0 saturated carbocycles. The van der Waals surface area contributed by atoms with Crippen molar-refractivity contribution < 1.29 is 8.78 Å². The molecular weight excluding hydrogens is 232 g/mol. The standard InChI is InChI=1S/C15H15F2N/c1-10-4-3-5-12(11(10)2)9-18-15-7-13(16)6-14(17)8-15/h3-8,18H,9H2,1-2H3. The van der Waals surface area contributed by atoms with Gasteiger partial charge in [0.2, 0.25) is 0 Å². The van der Waals surface area contributed by atoms with Gasteiger partial charge in [0.15, 0.2) is 0 Å². The SMILES string of the molecule is Cc1cccc(CNc2cc(F)cc(F)c2)c1C. The van der Waals surface area contributed by atoms with E-state index in [4.69, 9.17) is 0 Å². The number of hydrogen-bond acceptors (Lipinski definition) is 1. The molecule has 0 fully saturated rings. The maximum Gasteiger partial charge on any atom is 0.128 e. The van der Waals surface area contributed by atoms with E-state index in [1.807, 2.05) is 32.0 Å². The lowest BCUT2D eigenvalue weighted by atomic mass is 10.0. The lowest BCUT2D eigenvalue weighted by Crippen LogP contribution is -2.02. The first kappa shape index (κ1) is 12.6. The normalized spacial score (nSPS) is 10.4. The van der Waals surface area contributed by atoms with Crippen molar-refractivity contribution in [3.63, 3.8) is 0 Å². The quantitative estimate of drug-likeness (QED) is 0.857. The number of anilines is 1. The van der Waals surface area contributed by atoms with E-state index >= 15 is 0 Å². The van der Waals surface area contributed by atoms with Gasteiger partial charge in [-0.1, -0.05) is 18.2 Å². The number of hydrogen-bond donors (Lipinski definition) is 1. The molecule has 0 atom stereocenters. The Balaban J connectivity index is 2.14. The Bertz CT molecular complexity index is 544. The molecule has 1 nitrogen and oxygen atoms in total. The van der Waals surface area contributed by atoms with Gasteiger partial charge in [-0.3, -0.25) is 0 Å². The van der Waals surface area contributed by atoms with Gasteiger partial charge in [0.05, 0.1) is 0 Å². The van der Waals surface area contributed by atoms with E-state index in [1.165, 1.54) is 23.3 Å². The zero-order valence-electron chi connectivity index (χ0n) is 10.4. The maximum atomic E-state index is 13.0. The molecule has 0 heterocycles. The highest BCUT2D eigenvalue weighted by Crippen LogP contribution is 2.17. The Morgan fingerprint density at radius 3 is 2.33 bits per heavy atom. The first-order chi connectivity index (χ1) is 8.56. The molecule has 0 saturated heterocycles. The van der Waals surface area contributed by atoms with Gasteiger partial charge in [0.25, 0.3) is 0 Å². The molecule has 0 amide bonds. The molecule has 0 radical (unpaired) electrons. The second kappa shape index (κ2) is 5.17. The largest absolute Gasteiger partial charge is 0.381 e. The average Bonchev–Trinajstić information content (AvgIpc) is 2.30. The second-order valence-corrected chi connectivity index (χ2v) is 4.37. The van der Waals surface area contributed by atoms with Crippen LogP contribution in [0, 0.1) is 25.5 Å². The molecule has 0 unspecified atom stereocenters. The fraction of sp³-hybridized carbons (Fsp3) is 0.200. The maximum absolute atomic E-state index is 13.0. The fourth-order valence-corrected chi connectivity index (χ4v) is 1.86. The summed E-state index contributed by atoms with van der Waals surface area (Å²) in [6.07, 6.45) is 0. The zero-order chi connectivity index (χ0) is 13.1. The Morgan fingerprint density at radius 2 is 1.67 bits per heavy atom. The lowest BCUT2D eigenvalue weighted by Gasteiger charge is -2.11. The summed E-state index contributed by atoms with van der Waals surface area (Å²) >= 11 is 0. The Kier molecular flexibility index (Phi) is 3.60. The van der Waals surface area contributed by atoms with Gasteiger partial charge in [-0.15, -0.1) is 0 Å². The van der Waals surface area contributed by atoms with Crippen molar-refractivity contribution in [1.29, 1.82) is 0 Å². The van der Waals surface area contributed by atoms with Crippen LogP contribution >= 0.6 is 0 Å². The van der Waals surface area contributed by atoms with Crippen molar-refractivity contribution in [2.75, 3.05) is 5.32 Å². The number of rotatable bonds is 3. The van der Waals surface area contributed by atoms with E-state index in [0.29, 0.717) is 12.2 Å². The molecular formula is C15H15F2N. The van der Waals surface area contributed by atoms with Crippen LogP contribution in [0.15, 0.2) is 36.4 Å². The Hall–Kier alpha value is -1.90. The van der Waals surface area contributed by atoms with E-state index in [1.54, 1.807) is 0 Å². The molecule has 0 bridgehead atoms. The minimum atomic E-state index is -0.571. The van der Waals surface area contributed by atoms with Crippen molar-refractivity contribution >= 4 is 5.69 Å². The van der Waals surface area contributed by atoms with Crippen LogP contribution in [0.2, 0.25) is 0 Å². The summed E-state index contributed by atoms with van der Waals surface area (Å²) in [4.78, 5) is 0. The highest BCUT2D eigenvalue weighted by atomic mass is 19.1. The first-order valence-electron chi connectivity index (χ1n) is 5.81. The highest BCUT2D eigenvalue weighted by molar-refractivity contribution is 5.45. The van der Waals surface area contributed by atoms with Crippen LogP contribution in [0.3, 0.4) is 0 Å². The van der Waals surface area contributed by atoms with Crippen LogP contribution in [-0.2, 0) is 6.54 Å². The molecule has 1 N–H and O–H groups in total. The lowest BCUT2D eigenvalue weighted by molar-refractivity contribution is 0.584. The summed E-state index contributed by atoms with van der Waals surface area (Å²) in [6.45, 7) is 4.63. The molecule has 0 spiro atoms. The third-order valence-electron chi connectivity index (χ3n) is 3.06. The van der Waals surface area contributed by atoms with E-state index in [9.17, 15) is 8.78 Å². The minimum absolute atomic E-state index is 0.452. The molecule has 18 heavy (non-hydrogen) atoms. The number of benzene rings is 2. The molecule has 0 aliphatic carbocycles. The van der Waals surface area contributed by atoms with Crippen molar-refractivity contribution in [3.8, 4) is 0 Å². The van der Waals surface area contributed by atoms with Crippen LogP contribution in [0.4, 0.5) is 14.5 Å². The Labute approximate surface area is 105 Å². The van der Waals surface area contributed by atoms with Gasteiger partial charge >= 0.3 is 0 Å². The second-order valence-electron chi connectivity index (χ2n) is 4.37. The smallest absolute Gasteiger partial charge is 0.128 e. The van der Waals surface area contributed by atoms with Crippen LogP contribution < -0.4 is 5.32 Å². The molecule has 3 heteroatoms. The summed E-state index contributed by atoms with van der Waals surface area (Å²) in [7, 11) is 0. The van der Waals surface area contributed by atoms with Crippen LogP contribution in [0.1, 0.15) is 16.7 Å². The summed E-state index contributed by atoms with van der Waals surface area (Å²) in [5.41, 5.74) is 3.98. The number of halogens is 2. The zero-order valence-corrected chi connectivity index (χ0v) is 10.4. The fourth-order valence-electron chi connectivity index (χ4n) is 1.86. The van der Waals surface area contributed by atoms with Gasteiger partial charge in [0.1, 0.15) is 11.6 Å². The summed E-state index contributed by atoms with van der Waals surface area (Å²) in [5, 5.41) is 3.03. The summed E-state index contributed by atoms with van der Waals surface area (Å²) in [5.74, 6) is -1.14. The van der Waals surface area contributed by atoms with Crippen LogP contribution in [0.5, 0.6) is 0 Å². The molecule has 94 valence electrons. The molecule has 0 aliphatic heterocycles.